The molecule has 0 aromatic rings. The van der Waals surface area contributed by atoms with Gasteiger partial charge in [0.1, 0.15) is 0 Å². The minimum atomic E-state index is -1.17. The molecule has 0 fully saturated rings. The monoisotopic (exact) mass is 420 g/mol. The van der Waals surface area contributed by atoms with E-state index in [-0.39, 0.29) is 17.5 Å². The summed E-state index contributed by atoms with van der Waals surface area (Å²) in [7, 11) is 0. The first-order valence-electron chi connectivity index (χ1n) is 8.16. The molecule has 0 aromatic carbocycles. The van der Waals surface area contributed by atoms with Crippen LogP contribution in [0.1, 0.15) is 60.3 Å². The Balaban J connectivity index is 0. The third-order valence-electron chi connectivity index (χ3n) is 2.94. The Morgan fingerprint density at radius 2 is 1.50 bits per heavy atom. The fraction of sp³-hybridized carbons (Fsp3) is 0.765. The second kappa shape index (κ2) is 16.8. The van der Waals surface area contributed by atoms with Crippen LogP contribution in [0.4, 0.5) is 0 Å². The molecule has 0 heterocycles. The van der Waals surface area contributed by atoms with E-state index in [0.717, 1.165) is 6.08 Å². The topological polar surface area (TPSA) is 66.4 Å². The number of carbonyl (C=O) groups excluding carboxylic acids is 2. The van der Waals surface area contributed by atoms with Gasteiger partial charge in [-0.05, 0) is 13.0 Å². The zero-order chi connectivity index (χ0) is 17.4. The molecule has 5 heteroatoms. The van der Waals surface area contributed by atoms with Gasteiger partial charge in [-0.1, -0.05) is 6.92 Å². The van der Waals surface area contributed by atoms with Crippen molar-refractivity contribution in [2.24, 2.45) is 0 Å². The van der Waals surface area contributed by atoms with Gasteiger partial charge in [-0.15, -0.1) is 5.76 Å². The molecule has 22 heavy (non-hydrogen) atoms. The van der Waals surface area contributed by atoms with Crippen molar-refractivity contribution < 1.29 is 19.4 Å². The maximum absolute atomic E-state index is 10.7. The van der Waals surface area contributed by atoms with E-state index in [1.807, 2.05) is 0 Å². The third-order valence-corrected chi connectivity index (χ3v) is 11.6. The van der Waals surface area contributed by atoms with Crippen molar-refractivity contribution in [2.45, 2.75) is 73.6 Å². The molecule has 0 aromatic heterocycles. The van der Waals surface area contributed by atoms with Crippen LogP contribution in [-0.4, -0.2) is 38.1 Å². The summed E-state index contributed by atoms with van der Waals surface area (Å²) in [5, 5.41) is 9.98. The number of esters is 1. The van der Waals surface area contributed by atoms with Crippen molar-refractivity contribution >= 4 is 31.5 Å². The zero-order valence-electron chi connectivity index (χ0n) is 14.9. The molecule has 0 bridgehead atoms. The normalized spacial score (nSPS) is 10.5. The van der Waals surface area contributed by atoms with E-state index in [9.17, 15) is 14.7 Å². The van der Waals surface area contributed by atoms with Crippen LogP contribution in [-0.2, 0) is 14.3 Å². The molecule has 0 aliphatic rings. The third kappa shape index (κ3) is 21.8. The Kier molecular flexibility index (Phi) is 18.2. The number of hydrogen-bond donors (Lipinski definition) is 0. The molecule has 0 unspecified atom stereocenters. The quantitative estimate of drug-likeness (QED) is 0.235. The molecule has 0 aliphatic carbocycles. The van der Waals surface area contributed by atoms with Gasteiger partial charge in [0.05, 0.1) is 0 Å². The van der Waals surface area contributed by atoms with E-state index in [2.05, 4.69) is 13.8 Å². The molecule has 4 nitrogen and oxygen atoms in total. The van der Waals surface area contributed by atoms with E-state index >= 15 is 0 Å². The van der Waals surface area contributed by atoms with Gasteiger partial charge in [0.15, 0.2) is 5.78 Å². The van der Waals surface area contributed by atoms with Crippen LogP contribution in [0.25, 0.3) is 0 Å². The molecule has 0 saturated carbocycles. The number of unbranched alkanes of at least 4 members (excludes halogenated alkanes) is 2. The van der Waals surface area contributed by atoms with Gasteiger partial charge < -0.3 is 5.11 Å². The zero-order valence-corrected chi connectivity index (χ0v) is 17.7. The molecular weight excluding hydrogens is 387 g/mol. The van der Waals surface area contributed by atoms with Gasteiger partial charge in [0, 0.05) is 0 Å². The Labute approximate surface area is 143 Å². The van der Waals surface area contributed by atoms with Crippen molar-refractivity contribution in [3.05, 3.63) is 11.8 Å². The van der Waals surface area contributed by atoms with Crippen molar-refractivity contribution in [2.75, 3.05) is 6.61 Å². The minimum absolute atomic E-state index is 0.122. The number of rotatable bonds is 10. The first kappa shape index (κ1) is 23.7. The maximum atomic E-state index is 10.7. The van der Waals surface area contributed by atoms with Gasteiger partial charge in [-0.3, -0.25) is 4.79 Å². The number of ketones is 1. The van der Waals surface area contributed by atoms with Crippen LogP contribution in [0.2, 0.25) is 13.3 Å². The van der Waals surface area contributed by atoms with Gasteiger partial charge >= 0.3 is 102 Å². The summed E-state index contributed by atoms with van der Waals surface area (Å²) in [6.45, 7) is 9.40. The van der Waals surface area contributed by atoms with Gasteiger partial charge in [0.2, 0.25) is 0 Å². The number of allylic oxidation sites excluding steroid dienone is 2. The summed E-state index contributed by atoms with van der Waals surface area (Å²) >= 11 is -1.17. The first-order chi connectivity index (χ1) is 10.3. The Morgan fingerprint density at radius 1 is 1.00 bits per heavy atom. The van der Waals surface area contributed by atoms with Crippen molar-refractivity contribution in [3.8, 4) is 0 Å². The van der Waals surface area contributed by atoms with E-state index in [0.29, 0.717) is 6.61 Å². The molecule has 0 amide bonds. The van der Waals surface area contributed by atoms with E-state index < -0.39 is 19.8 Å². The average Bonchev–Trinajstić information content (AvgIpc) is 2.40. The van der Waals surface area contributed by atoms with Gasteiger partial charge in [0.25, 0.3) is 0 Å². The molecule has 0 rings (SSSR count). The Morgan fingerprint density at radius 3 is 1.77 bits per heavy atom. The first-order valence-corrected chi connectivity index (χ1v) is 14.2. The molecule has 0 radical (unpaired) electrons. The standard InChI is InChI=1S/C5H8O2.C4H7O2.2C4H9.Sn/c1-4(6)3-5(2)7;1-3-6-4(2)5;2*1-3-4-2;/h3,6H,1-2H3;1,3H2,2H3;2*1,3-4H2,2H3;/q;;;;+1/p-1/b4-3-;;;;. The van der Waals surface area contributed by atoms with Crippen LogP contribution in [0, 0.1) is 0 Å². The van der Waals surface area contributed by atoms with E-state index in [1.54, 1.807) is 0 Å². The summed E-state index contributed by atoms with van der Waals surface area (Å²) in [5.41, 5.74) is 0. The van der Waals surface area contributed by atoms with Crippen molar-refractivity contribution in [3.63, 3.8) is 0 Å². The number of hydrogen-bond acceptors (Lipinski definition) is 4. The summed E-state index contributed by atoms with van der Waals surface area (Å²) in [6.07, 6.45) is 6.45. The fourth-order valence-corrected chi connectivity index (χ4v) is 9.98. The van der Waals surface area contributed by atoms with Crippen LogP contribution >= 0.6 is 0 Å². The number of ether oxygens (including phenoxy) is 1. The predicted octanol–water partition coefficient (Wildman–Crippen LogP) is 3.48. The van der Waals surface area contributed by atoms with Crippen LogP contribution in [0.5, 0.6) is 0 Å². The van der Waals surface area contributed by atoms with Crippen LogP contribution in [0.15, 0.2) is 11.8 Å². The number of carbonyl (C=O) groups is 2. The summed E-state index contributed by atoms with van der Waals surface area (Å²) in [5.74, 6) is -0.497. The van der Waals surface area contributed by atoms with Crippen LogP contribution in [0.3, 0.4) is 0 Å². The molecule has 128 valence electrons. The molecule has 0 atom stereocenters. The predicted molar refractivity (Wildman–Crippen MR) is 91.1 cm³/mol. The van der Waals surface area contributed by atoms with E-state index in [1.165, 1.54) is 59.8 Å². The summed E-state index contributed by atoms with van der Waals surface area (Å²) in [6, 6.07) is 0. The summed E-state index contributed by atoms with van der Waals surface area (Å²) in [4.78, 5) is 20.6. The Hall–Kier alpha value is -0.521. The second-order valence-electron chi connectivity index (χ2n) is 5.41. The summed E-state index contributed by atoms with van der Waals surface area (Å²) < 4.78 is 9.25. The van der Waals surface area contributed by atoms with Crippen LogP contribution < -0.4 is 5.11 Å². The average molecular weight is 419 g/mol. The molecular formula is C17H32O4Sn. The van der Waals surface area contributed by atoms with Crippen molar-refractivity contribution in [1.82, 2.24) is 0 Å². The second-order valence-corrected chi connectivity index (χ2v) is 14.0. The van der Waals surface area contributed by atoms with Gasteiger partial charge in [-0.2, -0.15) is 0 Å². The molecule has 0 spiro atoms. The van der Waals surface area contributed by atoms with E-state index in [4.69, 9.17) is 4.74 Å². The Bertz CT molecular complexity index is 315. The molecule has 0 N–H and O–H groups in total. The molecule has 0 saturated heterocycles. The fourth-order valence-electron chi connectivity index (χ4n) is 1.85. The SMILES string of the molecule is CC(=O)/C=C(/C)[O-].CCC[CH2][Sn+]([CH2]CCC)[CH2]COC(C)=O. The molecule has 0 aliphatic heterocycles. The van der Waals surface area contributed by atoms with Crippen molar-refractivity contribution in [1.29, 1.82) is 0 Å². The van der Waals surface area contributed by atoms with Gasteiger partial charge in [-0.25, -0.2) is 0 Å².